The highest BCUT2D eigenvalue weighted by Crippen LogP contribution is 2.21. The largest absolute Gasteiger partial charge is 0.369 e. The van der Waals surface area contributed by atoms with Gasteiger partial charge in [-0.25, -0.2) is 18.7 Å². The van der Waals surface area contributed by atoms with Crippen molar-refractivity contribution in [1.29, 1.82) is 0 Å². The zero-order valence-electron chi connectivity index (χ0n) is 10.7. The fraction of sp³-hybridized carbons (Fsp3) is 0.545. The van der Waals surface area contributed by atoms with Crippen LogP contribution in [0.15, 0.2) is 12.4 Å². The maximum Gasteiger partial charge on any atom is 0.324 e. The number of nitrogens with zero attached hydrogens (tertiary/aromatic N) is 2. The van der Waals surface area contributed by atoms with Gasteiger partial charge in [0.05, 0.1) is 18.9 Å². The van der Waals surface area contributed by atoms with Crippen LogP contribution in [-0.4, -0.2) is 41.3 Å². The Kier molecular flexibility index (Phi) is 5.66. The summed E-state index contributed by atoms with van der Waals surface area (Å²) >= 11 is 0. The fourth-order valence-corrected chi connectivity index (χ4v) is 1.16. The zero-order chi connectivity index (χ0) is 15.2. The molecule has 1 rings (SSSR count). The second-order valence-corrected chi connectivity index (χ2v) is 3.96. The maximum absolute atomic E-state index is 12.6. The Morgan fingerprint density at radius 1 is 1.35 bits per heavy atom. The minimum atomic E-state index is -4.27. The van der Waals surface area contributed by atoms with Gasteiger partial charge in [-0.05, 0) is 6.42 Å². The molecule has 0 aliphatic carbocycles. The van der Waals surface area contributed by atoms with Gasteiger partial charge in [-0.3, -0.25) is 4.79 Å². The summed E-state index contributed by atoms with van der Waals surface area (Å²) in [6, 6.07) is 0. The van der Waals surface area contributed by atoms with Crippen molar-refractivity contribution in [2.75, 3.05) is 18.4 Å². The van der Waals surface area contributed by atoms with Gasteiger partial charge in [-0.1, -0.05) is 6.92 Å². The Bertz CT molecular complexity index is 439. The molecule has 0 aromatic carbocycles. The molecule has 1 amide bonds. The lowest BCUT2D eigenvalue weighted by molar-refractivity contribution is -0.123. The molecule has 0 aliphatic rings. The third-order valence-corrected chi connectivity index (χ3v) is 2.24. The number of anilines is 1. The molecule has 0 spiro atoms. The van der Waals surface area contributed by atoms with Gasteiger partial charge in [0.15, 0.2) is 0 Å². The van der Waals surface area contributed by atoms with Gasteiger partial charge in [0.25, 0.3) is 5.91 Å². The van der Waals surface area contributed by atoms with Crippen molar-refractivity contribution in [3.63, 3.8) is 0 Å². The maximum atomic E-state index is 12.6. The van der Waals surface area contributed by atoms with E-state index in [-0.39, 0.29) is 5.69 Å². The highest BCUT2D eigenvalue weighted by Gasteiger charge is 2.40. The average Bonchev–Trinajstić information content (AvgIpc) is 2.43. The standard InChI is InChI=1S/C11H14F4N4O/c1-2-3-16-8-5-17-7(4-18-8)9(20)19-6-11(14,15)10(12)13/h4-5,10H,2-3,6H2,1H3,(H,16,18)(H,19,20). The highest BCUT2D eigenvalue weighted by molar-refractivity contribution is 5.92. The van der Waals surface area contributed by atoms with E-state index in [9.17, 15) is 22.4 Å². The number of rotatable bonds is 7. The summed E-state index contributed by atoms with van der Waals surface area (Å²) in [6.45, 7) is 1.16. The number of amides is 1. The van der Waals surface area contributed by atoms with Crippen LogP contribution in [0.25, 0.3) is 0 Å². The van der Waals surface area contributed by atoms with Crippen molar-refractivity contribution in [2.45, 2.75) is 25.7 Å². The molecule has 0 saturated heterocycles. The summed E-state index contributed by atoms with van der Waals surface area (Å²) in [5.41, 5.74) is -0.225. The summed E-state index contributed by atoms with van der Waals surface area (Å²) in [4.78, 5) is 19.0. The van der Waals surface area contributed by atoms with Gasteiger partial charge < -0.3 is 10.6 Å². The third kappa shape index (κ3) is 4.63. The van der Waals surface area contributed by atoms with Gasteiger partial charge in [0.2, 0.25) is 0 Å². The van der Waals surface area contributed by atoms with Gasteiger partial charge >= 0.3 is 12.3 Å². The van der Waals surface area contributed by atoms with E-state index in [0.717, 1.165) is 12.6 Å². The van der Waals surface area contributed by atoms with E-state index in [4.69, 9.17) is 0 Å². The molecular weight excluding hydrogens is 280 g/mol. The summed E-state index contributed by atoms with van der Waals surface area (Å²) < 4.78 is 49.0. The molecule has 0 aliphatic heterocycles. The number of aromatic nitrogens is 2. The summed E-state index contributed by atoms with van der Waals surface area (Å²) in [5.74, 6) is -4.83. The van der Waals surface area contributed by atoms with Crippen LogP contribution in [0, 0.1) is 0 Å². The number of carbonyl (C=O) groups is 1. The molecule has 112 valence electrons. The third-order valence-electron chi connectivity index (χ3n) is 2.24. The van der Waals surface area contributed by atoms with Crippen molar-refractivity contribution < 1.29 is 22.4 Å². The SMILES string of the molecule is CCCNc1cnc(C(=O)NCC(F)(F)C(F)F)cn1. The van der Waals surface area contributed by atoms with E-state index in [1.54, 1.807) is 5.32 Å². The molecule has 9 heteroatoms. The van der Waals surface area contributed by atoms with Crippen molar-refractivity contribution in [1.82, 2.24) is 15.3 Å². The van der Waals surface area contributed by atoms with Gasteiger partial charge in [0.1, 0.15) is 11.5 Å². The molecular formula is C11H14F4N4O. The molecule has 5 nitrogen and oxygen atoms in total. The van der Waals surface area contributed by atoms with Crippen molar-refractivity contribution in [3.8, 4) is 0 Å². The first kappa shape index (κ1) is 16.1. The van der Waals surface area contributed by atoms with Gasteiger partial charge in [0, 0.05) is 6.54 Å². The average molecular weight is 294 g/mol. The van der Waals surface area contributed by atoms with E-state index in [1.807, 2.05) is 6.92 Å². The number of halogens is 4. The van der Waals surface area contributed by atoms with Crippen LogP contribution >= 0.6 is 0 Å². The number of carbonyl (C=O) groups excluding carboxylic acids is 1. The molecule has 1 aromatic rings. The van der Waals surface area contributed by atoms with E-state index >= 15 is 0 Å². The smallest absolute Gasteiger partial charge is 0.324 e. The van der Waals surface area contributed by atoms with Crippen LogP contribution in [0.4, 0.5) is 23.4 Å². The first-order valence-electron chi connectivity index (χ1n) is 5.87. The predicted molar refractivity (Wildman–Crippen MR) is 64.1 cm³/mol. The summed E-state index contributed by atoms with van der Waals surface area (Å²) in [7, 11) is 0. The molecule has 0 bridgehead atoms. The topological polar surface area (TPSA) is 66.9 Å². The van der Waals surface area contributed by atoms with Crippen LogP contribution < -0.4 is 10.6 Å². The lowest BCUT2D eigenvalue weighted by Gasteiger charge is -2.15. The Morgan fingerprint density at radius 3 is 2.55 bits per heavy atom. The lowest BCUT2D eigenvalue weighted by atomic mass is 10.3. The second kappa shape index (κ2) is 7.01. The normalized spacial score (nSPS) is 11.5. The molecule has 1 aromatic heterocycles. The molecule has 0 fully saturated rings. The quantitative estimate of drug-likeness (QED) is 0.754. The summed E-state index contributed by atoms with van der Waals surface area (Å²) in [6.07, 6.45) is -0.634. The highest BCUT2D eigenvalue weighted by atomic mass is 19.3. The van der Waals surface area contributed by atoms with Crippen LogP contribution in [0.5, 0.6) is 0 Å². The molecule has 1 heterocycles. The minimum absolute atomic E-state index is 0.225. The molecule has 0 unspecified atom stereocenters. The zero-order valence-corrected chi connectivity index (χ0v) is 10.7. The lowest BCUT2D eigenvalue weighted by Crippen LogP contribution is -2.41. The Hall–Kier alpha value is -1.93. The Labute approximate surface area is 112 Å². The van der Waals surface area contributed by atoms with E-state index in [1.165, 1.54) is 6.20 Å². The van der Waals surface area contributed by atoms with Gasteiger partial charge in [-0.15, -0.1) is 0 Å². The monoisotopic (exact) mass is 294 g/mol. The van der Waals surface area contributed by atoms with Gasteiger partial charge in [-0.2, -0.15) is 8.78 Å². The van der Waals surface area contributed by atoms with E-state index in [0.29, 0.717) is 12.4 Å². The molecule has 2 N–H and O–H groups in total. The molecule has 0 atom stereocenters. The van der Waals surface area contributed by atoms with Crippen molar-refractivity contribution >= 4 is 11.7 Å². The Morgan fingerprint density at radius 2 is 2.05 bits per heavy atom. The number of alkyl halides is 4. The Balaban J connectivity index is 2.56. The van der Waals surface area contributed by atoms with Crippen molar-refractivity contribution in [2.24, 2.45) is 0 Å². The van der Waals surface area contributed by atoms with E-state index in [2.05, 4.69) is 15.3 Å². The van der Waals surface area contributed by atoms with E-state index < -0.39 is 24.8 Å². The molecule has 20 heavy (non-hydrogen) atoms. The molecule has 0 saturated carbocycles. The van der Waals surface area contributed by atoms with Crippen LogP contribution in [-0.2, 0) is 0 Å². The minimum Gasteiger partial charge on any atom is -0.369 e. The van der Waals surface area contributed by atoms with Crippen LogP contribution in [0.3, 0.4) is 0 Å². The number of nitrogens with one attached hydrogen (secondary N) is 2. The predicted octanol–water partition coefficient (Wildman–Crippen LogP) is 1.93. The molecule has 0 radical (unpaired) electrons. The first-order valence-corrected chi connectivity index (χ1v) is 5.87. The van der Waals surface area contributed by atoms with Crippen LogP contribution in [0.2, 0.25) is 0 Å². The second-order valence-electron chi connectivity index (χ2n) is 3.96. The van der Waals surface area contributed by atoms with Crippen LogP contribution in [0.1, 0.15) is 23.8 Å². The number of hydrogen-bond donors (Lipinski definition) is 2. The van der Waals surface area contributed by atoms with Crippen molar-refractivity contribution in [3.05, 3.63) is 18.1 Å². The fourth-order valence-electron chi connectivity index (χ4n) is 1.16. The first-order chi connectivity index (χ1) is 9.36. The summed E-state index contributed by atoms with van der Waals surface area (Å²) in [5, 5.41) is 4.60. The number of hydrogen-bond acceptors (Lipinski definition) is 4.